The van der Waals surface area contributed by atoms with Gasteiger partial charge in [-0.3, -0.25) is 9.78 Å². The summed E-state index contributed by atoms with van der Waals surface area (Å²) in [6.45, 7) is 6.08. The van der Waals surface area contributed by atoms with Crippen molar-refractivity contribution in [3.05, 3.63) is 70.9 Å². The predicted molar refractivity (Wildman–Crippen MR) is 129 cm³/mol. The zero-order chi connectivity index (χ0) is 24.5. The molecule has 0 aliphatic heterocycles. The van der Waals surface area contributed by atoms with Crippen molar-refractivity contribution in [2.45, 2.75) is 40.0 Å². The van der Waals surface area contributed by atoms with Crippen LogP contribution in [0.3, 0.4) is 0 Å². The van der Waals surface area contributed by atoms with Crippen molar-refractivity contribution in [3.63, 3.8) is 0 Å². The van der Waals surface area contributed by atoms with E-state index in [0.29, 0.717) is 16.9 Å². The Labute approximate surface area is 198 Å². The maximum absolute atomic E-state index is 13.3. The summed E-state index contributed by atoms with van der Waals surface area (Å²) in [6.07, 6.45) is 2.51. The third-order valence-electron chi connectivity index (χ3n) is 6.45. The van der Waals surface area contributed by atoms with Crippen molar-refractivity contribution >= 4 is 34.4 Å². The standard InChI is InChI=1S/C27H28N2O5/c1-27(2,3)16-12-13-22-19(14-16)24(17-8-4-6-10-20(17)28-22)26(33)34-15-23(30)29-21-11-7-5-9-18(21)25(31)32/h4-11,16H,12-15H2,1-3H3,(H,29,30)(H,31,32). The average Bonchev–Trinajstić information content (AvgIpc) is 2.80. The molecule has 2 N–H and O–H groups in total. The van der Waals surface area contributed by atoms with Gasteiger partial charge >= 0.3 is 11.9 Å². The fourth-order valence-corrected chi connectivity index (χ4v) is 4.53. The highest BCUT2D eigenvalue weighted by molar-refractivity contribution is 6.06. The van der Waals surface area contributed by atoms with Crippen LogP contribution in [0.15, 0.2) is 48.5 Å². The summed E-state index contributed by atoms with van der Waals surface area (Å²) in [5.41, 5.74) is 3.19. The molecule has 7 heteroatoms. The van der Waals surface area contributed by atoms with E-state index in [1.54, 1.807) is 12.1 Å². The van der Waals surface area contributed by atoms with Gasteiger partial charge < -0.3 is 15.2 Å². The van der Waals surface area contributed by atoms with E-state index in [1.807, 2.05) is 24.3 Å². The number of anilines is 1. The Bertz CT molecular complexity index is 1280. The number of hydrogen-bond donors (Lipinski definition) is 2. The Kier molecular flexibility index (Phi) is 6.37. The second kappa shape index (κ2) is 9.25. The number of aromatic nitrogens is 1. The van der Waals surface area contributed by atoms with Gasteiger partial charge in [0.1, 0.15) is 0 Å². The van der Waals surface area contributed by atoms with Crippen LogP contribution >= 0.6 is 0 Å². The Morgan fingerprint density at radius 3 is 2.53 bits per heavy atom. The number of nitrogens with zero attached hydrogens (tertiary/aromatic N) is 1. The highest BCUT2D eigenvalue weighted by atomic mass is 16.5. The van der Waals surface area contributed by atoms with E-state index < -0.39 is 24.5 Å². The van der Waals surface area contributed by atoms with Crippen LogP contribution in [-0.4, -0.2) is 34.5 Å². The van der Waals surface area contributed by atoms with Crippen molar-refractivity contribution in [1.29, 1.82) is 0 Å². The number of rotatable bonds is 5. The summed E-state index contributed by atoms with van der Waals surface area (Å²) < 4.78 is 5.43. The number of nitrogens with one attached hydrogen (secondary N) is 1. The fraction of sp³-hybridized carbons (Fsp3) is 0.333. The highest BCUT2D eigenvalue weighted by Gasteiger charge is 2.33. The maximum Gasteiger partial charge on any atom is 0.339 e. The van der Waals surface area contributed by atoms with Crippen LogP contribution in [-0.2, 0) is 22.4 Å². The number of carboxylic acid groups (broad SMARTS) is 1. The Morgan fingerprint density at radius 2 is 1.79 bits per heavy atom. The van der Waals surface area contributed by atoms with Crippen LogP contribution in [0, 0.1) is 11.3 Å². The molecule has 0 saturated heterocycles. The molecule has 4 rings (SSSR count). The van der Waals surface area contributed by atoms with Gasteiger partial charge in [0, 0.05) is 11.1 Å². The van der Waals surface area contributed by atoms with E-state index in [0.717, 1.165) is 36.0 Å². The Morgan fingerprint density at radius 1 is 1.09 bits per heavy atom. The predicted octanol–water partition coefficient (Wildman–Crippen LogP) is 4.88. The largest absolute Gasteiger partial charge is 0.478 e. The van der Waals surface area contributed by atoms with E-state index in [4.69, 9.17) is 9.72 Å². The van der Waals surface area contributed by atoms with Crippen LogP contribution in [0.4, 0.5) is 5.69 Å². The maximum atomic E-state index is 13.3. The quantitative estimate of drug-likeness (QED) is 0.526. The molecular weight excluding hydrogens is 432 g/mol. The molecule has 0 fully saturated rings. The number of carbonyl (C=O) groups is 3. The van der Waals surface area contributed by atoms with Crippen LogP contribution in [0.5, 0.6) is 0 Å². The number of esters is 1. The lowest BCUT2D eigenvalue weighted by Gasteiger charge is -2.35. The fourth-order valence-electron chi connectivity index (χ4n) is 4.53. The lowest BCUT2D eigenvalue weighted by Crippen LogP contribution is -2.29. The molecular formula is C27H28N2O5. The van der Waals surface area contributed by atoms with E-state index in [9.17, 15) is 19.5 Å². The third kappa shape index (κ3) is 4.78. The first-order valence-corrected chi connectivity index (χ1v) is 11.3. The molecule has 1 aliphatic rings. The molecule has 1 amide bonds. The zero-order valence-electron chi connectivity index (χ0n) is 19.6. The molecule has 1 heterocycles. The first-order valence-electron chi connectivity index (χ1n) is 11.3. The molecule has 176 valence electrons. The first kappa shape index (κ1) is 23.4. The van der Waals surface area contributed by atoms with Crippen molar-refractivity contribution < 1.29 is 24.2 Å². The topological polar surface area (TPSA) is 106 Å². The number of benzene rings is 2. The van der Waals surface area contributed by atoms with E-state index in [-0.39, 0.29) is 16.7 Å². The van der Waals surface area contributed by atoms with E-state index in [1.165, 1.54) is 12.1 Å². The second-order valence-electron chi connectivity index (χ2n) is 9.71. The van der Waals surface area contributed by atoms with Gasteiger partial charge in [0.2, 0.25) is 0 Å². The molecule has 0 bridgehead atoms. The SMILES string of the molecule is CC(C)(C)C1CCc2nc3ccccc3c(C(=O)OCC(=O)Nc3ccccc3C(=O)O)c2C1. The van der Waals surface area contributed by atoms with E-state index >= 15 is 0 Å². The van der Waals surface area contributed by atoms with Crippen LogP contribution in [0.2, 0.25) is 0 Å². The molecule has 1 unspecified atom stereocenters. The van der Waals surface area contributed by atoms with Gasteiger partial charge in [-0.2, -0.15) is 0 Å². The van der Waals surface area contributed by atoms with Crippen LogP contribution < -0.4 is 5.32 Å². The number of amides is 1. The second-order valence-corrected chi connectivity index (χ2v) is 9.71. The zero-order valence-corrected chi connectivity index (χ0v) is 19.6. The van der Waals surface area contributed by atoms with Gasteiger partial charge in [-0.1, -0.05) is 51.1 Å². The monoisotopic (exact) mass is 460 g/mol. The number of aromatic carboxylic acids is 1. The van der Waals surface area contributed by atoms with Gasteiger partial charge in [-0.05, 0) is 54.4 Å². The van der Waals surface area contributed by atoms with Crippen molar-refractivity contribution in [2.75, 3.05) is 11.9 Å². The number of pyridine rings is 1. The normalized spacial score (nSPS) is 15.4. The van der Waals surface area contributed by atoms with Gasteiger partial charge in [-0.15, -0.1) is 0 Å². The number of carboxylic acids is 1. The van der Waals surface area contributed by atoms with Gasteiger partial charge in [0.15, 0.2) is 6.61 Å². The molecule has 1 aliphatic carbocycles. The molecule has 34 heavy (non-hydrogen) atoms. The first-order chi connectivity index (χ1) is 16.1. The van der Waals surface area contributed by atoms with E-state index in [2.05, 4.69) is 26.1 Å². The number of fused-ring (bicyclic) bond motifs is 2. The van der Waals surface area contributed by atoms with Crippen molar-refractivity contribution in [1.82, 2.24) is 4.98 Å². The molecule has 2 aromatic carbocycles. The smallest absolute Gasteiger partial charge is 0.339 e. The molecule has 1 aromatic heterocycles. The van der Waals surface area contributed by atoms with Crippen LogP contribution in [0.1, 0.15) is 59.2 Å². The minimum Gasteiger partial charge on any atom is -0.478 e. The Hall–Kier alpha value is -3.74. The minimum absolute atomic E-state index is 0.0374. The molecule has 7 nitrogen and oxygen atoms in total. The number of aryl methyl sites for hydroxylation is 1. The van der Waals surface area contributed by atoms with Gasteiger partial charge in [-0.25, -0.2) is 9.59 Å². The lowest BCUT2D eigenvalue weighted by atomic mass is 9.70. The number of ether oxygens (including phenoxy) is 1. The molecule has 0 radical (unpaired) electrons. The van der Waals surface area contributed by atoms with Gasteiger partial charge in [0.25, 0.3) is 5.91 Å². The third-order valence-corrected chi connectivity index (χ3v) is 6.45. The molecule has 1 atom stereocenters. The average molecular weight is 461 g/mol. The summed E-state index contributed by atoms with van der Waals surface area (Å²) in [4.78, 5) is 41.9. The summed E-state index contributed by atoms with van der Waals surface area (Å²) in [7, 11) is 0. The summed E-state index contributed by atoms with van der Waals surface area (Å²) in [5, 5.41) is 12.5. The number of hydrogen-bond acceptors (Lipinski definition) is 5. The summed E-state index contributed by atoms with van der Waals surface area (Å²) in [5.74, 6) is -1.95. The van der Waals surface area contributed by atoms with Crippen LogP contribution in [0.25, 0.3) is 10.9 Å². The minimum atomic E-state index is -1.16. The summed E-state index contributed by atoms with van der Waals surface area (Å²) in [6, 6.07) is 13.5. The van der Waals surface area contributed by atoms with Crippen molar-refractivity contribution in [2.24, 2.45) is 11.3 Å². The Balaban J connectivity index is 1.59. The number of para-hydroxylation sites is 2. The lowest BCUT2D eigenvalue weighted by molar-refractivity contribution is -0.119. The number of carbonyl (C=O) groups excluding carboxylic acids is 2. The molecule has 0 spiro atoms. The van der Waals surface area contributed by atoms with Crippen molar-refractivity contribution in [3.8, 4) is 0 Å². The highest BCUT2D eigenvalue weighted by Crippen LogP contribution is 2.39. The van der Waals surface area contributed by atoms with Gasteiger partial charge in [0.05, 0.1) is 22.3 Å². The molecule has 3 aromatic rings. The molecule has 0 saturated carbocycles. The summed E-state index contributed by atoms with van der Waals surface area (Å²) >= 11 is 0.